The Labute approximate surface area is 173 Å². The molecule has 3 aliphatic rings. The average molecular weight is 399 g/mol. The molecule has 4 heteroatoms. The van der Waals surface area contributed by atoms with Crippen molar-refractivity contribution in [2.75, 3.05) is 19.6 Å². The van der Waals surface area contributed by atoms with Gasteiger partial charge in [-0.3, -0.25) is 9.80 Å². The molecule has 3 fully saturated rings. The van der Waals surface area contributed by atoms with E-state index in [-0.39, 0.29) is 0 Å². The van der Waals surface area contributed by atoms with Crippen molar-refractivity contribution < 1.29 is 4.42 Å². The summed E-state index contributed by atoms with van der Waals surface area (Å²) < 4.78 is 6.26. The maximum Gasteiger partial charge on any atom is 0.134 e. The molecule has 2 unspecified atom stereocenters. The summed E-state index contributed by atoms with van der Waals surface area (Å²) in [5.74, 6) is 2.87. The highest BCUT2D eigenvalue weighted by Crippen LogP contribution is 2.38. The van der Waals surface area contributed by atoms with Gasteiger partial charge in [-0.2, -0.15) is 0 Å². The molecule has 1 aromatic carbocycles. The number of halogens is 1. The van der Waals surface area contributed by atoms with Gasteiger partial charge in [0.1, 0.15) is 11.5 Å². The smallest absolute Gasteiger partial charge is 0.134 e. The Morgan fingerprint density at radius 2 is 1.82 bits per heavy atom. The minimum Gasteiger partial charge on any atom is -0.460 e. The van der Waals surface area contributed by atoms with E-state index in [1.807, 2.05) is 18.2 Å². The van der Waals surface area contributed by atoms with Crippen LogP contribution in [-0.2, 0) is 6.54 Å². The van der Waals surface area contributed by atoms with Crippen LogP contribution in [0.3, 0.4) is 0 Å². The van der Waals surface area contributed by atoms with Crippen LogP contribution in [-0.4, -0.2) is 41.5 Å². The van der Waals surface area contributed by atoms with E-state index in [4.69, 9.17) is 16.0 Å². The summed E-state index contributed by atoms with van der Waals surface area (Å²) in [4.78, 5) is 5.53. The van der Waals surface area contributed by atoms with Gasteiger partial charge in [0.15, 0.2) is 0 Å². The minimum absolute atomic E-state index is 0.705. The Morgan fingerprint density at radius 3 is 2.68 bits per heavy atom. The molecule has 3 heterocycles. The SMILES string of the molecule is Clc1cccc(-c2ccc(CN3CCN4CCCC4C3C3CCCCC3)o2)c1. The van der Waals surface area contributed by atoms with Crippen LogP contribution in [0.25, 0.3) is 11.3 Å². The number of rotatable bonds is 4. The zero-order valence-corrected chi connectivity index (χ0v) is 17.4. The molecule has 1 aliphatic carbocycles. The lowest BCUT2D eigenvalue weighted by atomic mass is 9.78. The summed E-state index contributed by atoms with van der Waals surface area (Å²) in [6.45, 7) is 4.63. The van der Waals surface area contributed by atoms with Crippen LogP contribution in [0.15, 0.2) is 40.8 Å². The van der Waals surface area contributed by atoms with E-state index in [1.54, 1.807) is 0 Å². The second kappa shape index (κ2) is 8.22. The van der Waals surface area contributed by atoms with Crippen molar-refractivity contribution in [1.82, 2.24) is 9.80 Å². The number of hydrogen-bond donors (Lipinski definition) is 0. The predicted molar refractivity (Wildman–Crippen MR) is 115 cm³/mol. The second-order valence-corrected chi connectivity index (χ2v) is 9.32. The van der Waals surface area contributed by atoms with E-state index < -0.39 is 0 Å². The third-order valence-corrected chi connectivity index (χ3v) is 7.40. The highest BCUT2D eigenvalue weighted by atomic mass is 35.5. The Hall–Kier alpha value is -1.29. The summed E-state index contributed by atoms with van der Waals surface area (Å²) >= 11 is 6.16. The second-order valence-electron chi connectivity index (χ2n) is 8.88. The van der Waals surface area contributed by atoms with E-state index in [0.717, 1.165) is 40.6 Å². The lowest BCUT2D eigenvalue weighted by molar-refractivity contribution is -0.00696. The zero-order valence-electron chi connectivity index (χ0n) is 16.7. The topological polar surface area (TPSA) is 19.6 Å². The van der Waals surface area contributed by atoms with E-state index >= 15 is 0 Å². The first-order chi connectivity index (χ1) is 13.8. The first-order valence-electron chi connectivity index (χ1n) is 11.1. The summed E-state index contributed by atoms with van der Waals surface area (Å²) in [6, 6.07) is 13.7. The van der Waals surface area contributed by atoms with Gasteiger partial charge in [0.05, 0.1) is 6.54 Å². The first-order valence-corrected chi connectivity index (χ1v) is 11.5. The lowest BCUT2D eigenvalue weighted by Crippen LogP contribution is -2.59. The molecular weight excluding hydrogens is 368 g/mol. The molecule has 1 aromatic heterocycles. The molecule has 2 aliphatic heterocycles. The van der Waals surface area contributed by atoms with Crippen molar-refractivity contribution in [2.45, 2.75) is 63.6 Å². The molecule has 0 bridgehead atoms. The van der Waals surface area contributed by atoms with Crippen LogP contribution in [0.2, 0.25) is 5.02 Å². The van der Waals surface area contributed by atoms with Crippen LogP contribution in [0.4, 0.5) is 0 Å². The molecule has 0 amide bonds. The normalized spacial score (nSPS) is 27.2. The molecule has 28 heavy (non-hydrogen) atoms. The van der Waals surface area contributed by atoms with Gasteiger partial charge >= 0.3 is 0 Å². The summed E-state index contributed by atoms with van der Waals surface area (Å²) in [5.41, 5.74) is 1.06. The van der Waals surface area contributed by atoms with Crippen molar-refractivity contribution in [1.29, 1.82) is 0 Å². The van der Waals surface area contributed by atoms with Gasteiger partial charge in [-0.1, -0.05) is 43.0 Å². The molecule has 2 aromatic rings. The number of piperazine rings is 1. The molecule has 0 spiro atoms. The molecule has 0 N–H and O–H groups in total. The maximum atomic E-state index is 6.26. The monoisotopic (exact) mass is 398 g/mol. The Morgan fingerprint density at radius 1 is 0.929 bits per heavy atom. The van der Waals surface area contributed by atoms with Gasteiger partial charge in [0, 0.05) is 35.8 Å². The molecule has 5 rings (SSSR count). The average Bonchev–Trinajstić information content (AvgIpc) is 3.38. The van der Waals surface area contributed by atoms with Crippen LogP contribution < -0.4 is 0 Å². The molecule has 0 radical (unpaired) electrons. The quantitative estimate of drug-likeness (QED) is 0.646. The number of nitrogens with zero attached hydrogens (tertiary/aromatic N) is 2. The van der Waals surface area contributed by atoms with Crippen molar-refractivity contribution in [3.8, 4) is 11.3 Å². The number of hydrogen-bond acceptors (Lipinski definition) is 3. The summed E-state index contributed by atoms with van der Waals surface area (Å²) in [6.07, 6.45) is 9.85. The number of furan rings is 1. The molecular formula is C24H31ClN2O. The Kier molecular flexibility index (Phi) is 5.49. The van der Waals surface area contributed by atoms with Gasteiger partial charge in [-0.15, -0.1) is 0 Å². The highest BCUT2D eigenvalue weighted by Gasteiger charge is 2.43. The van der Waals surface area contributed by atoms with Gasteiger partial charge in [0.2, 0.25) is 0 Å². The summed E-state index contributed by atoms with van der Waals surface area (Å²) in [5, 5.41) is 0.755. The van der Waals surface area contributed by atoms with Crippen molar-refractivity contribution in [3.63, 3.8) is 0 Å². The van der Waals surface area contributed by atoms with Crippen molar-refractivity contribution >= 4 is 11.6 Å². The molecule has 2 saturated heterocycles. The number of fused-ring (bicyclic) bond motifs is 1. The first kappa shape index (κ1) is 18.7. The molecule has 150 valence electrons. The van der Waals surface area contributed by atoms with Crippen molar-refractivity contribution in [3.05, 3.63) is 47.2 Å². The largest absolute Gasteiger partial charge is 0.460 e. The Bertz CT molecular complexity index is 797. The fraction of sp³-hybridized carbons (Fsp3) is 0.583. The molecule has 2 atom stereocenters. The standard InChI is InChI=1S/C24H31ClN2O/c25-20-9-4-8-19(16-20)23-12-11-21(28-23)17-27-15-14-26-13-5-10-22(26)24(27)18-6-2-1-3-7-18/h4,8-9,11-12,16,18,22,24H,1-3,5-7,10,13-15,17H2. The molecule has 3 nitrogen and oxygen atoms in total. The van der Waals surface area contributed by atoms with Gasteiger partial charge in [-0.05, 0) is 62.4 Å². The fourth-order valence-corrected chi connectivity index (χ4v) is 6.09. The fourth-order valence-electron chi connectivity index (χ4n) is 5.90. The molecule has 1 saturated carbocycles. The van der Waals surface area contributed by atoms with E-state index in [1.165, 1.54) is 64.6 Å². The Balaban J connectivity index is 1.35. The van der Waals surface area contributed by atoms with E-state index in [2.05, 4.69) is 28.0 Å². The highest BCUT2D eigenvalue weighted by molar-refractivity contribution is 6.30. The van der Waals surface area contributed by atoms with Crippen LogP contribution in [0, 0.1) is 5.92 Å². The van der Waals surface area contributed by atoms with Crippen LogP contribution in [0.1, 0.15) is 50.7 Å². The summed E-state index contributed by atoms with van der Waals surface area (Å²) in [7, 11) is 0. The van der Waals surface area contributed by atoms with Crippen molar-refractivity contribution in [2.24, 2.45) is 5.92 Å². The number of benzene rings is 1. The third kappa shape index (κ3) is 3.77. The van der Waals surface area contributed by atoms with Crippen LogP contribution >= 0.6 is 11.6 Å². The van der Waals surface area contributed by atoms with Gasteiger partial charge < -0.3 is 4.42 Å². The van der Waals surface area contributed by atoms with Gasteiger partial charge in [-0.25, -0.2) is 0 Å². The van der Waals surface area contributed by atoms with Gasteiger partial charge in [0.25, 0.3) is 0 Å². The minimum atomic E-state index is 0.705. The van der Waals surface area contributed by atoms with Crippen LogP contribution in [0.5, 0.6) is 0 Å². The lowest BCUT2D eigenvalue weighted by Gasteiger charge is -2.49. The predicted octanol–water partition coefficient (Wildman–Crippen LogP) is 5.83. The maximum absolute atomic E-state index is 6.26. The van der Waals surface area contributed by atoms with E-state index in [0.29, 0.717) is 6.04 Å². The van der Waals surface area contributed by atoms with E-state index in [9.17, 15) is 0 Å². The zero-order chi connectivity index (χ0) is 18.9. The third-order valence-electron chi connectivity index (χ3n) is 7.17.